The van der Waals surface area contributed by atoms with E-state index in [-0.39, 0.29) is 19.1 Å². The molecular weight excluding hydrogens is 450 g/mol. The van der Waals surface area contributed by atoms with Crippen LogP contribution in [0.3, 0.4) is 0 Å². The van der Waals surface area contributed by atoms with Gasteiger partial charge in [0.15, 0.2) is 12.2 Å². The predicted octanol–water partition coefficient (Wildman–Crippen LogP) is 1.15. The molecule has 182 valence electrons. The SMILES string of the molecule is NC1=NCc2cc(NC(=O)C(O)[C@H]3OCCN(c4ccccc4N4CCCCC4=O)C3=O)ccc21. The van der Waals surface area contributed by atoms with E-state index in [0.29, 0.717) is 42.4 Å². The summed E-state index contributed by atoms with van der Waals surface area (Å²) in [4.78, 5) is 46.0. The number of aliphatic hydroxyl groups is 1. The summed E-state index contributed by atoms with van der Waals surface area (Å²) < 4.78 is 5.54. The second-order valence-electron chi connectivity index (χ2n) is 8.78. The summed E-state index contributed by atoms with van der Waals surface area (Å²) in [5, 5.41) is 13.4. The van der Waals surface area contributed by atoms with Gasteiger partial charge in [0, 0.05) is 30.8 Å². The maximum atomic E-state index is 13.4. The van der Waals surface area contributed by atoms with Gasteiger partial charge < -0.3 is 30.7 Å². The van der Waals surface area contributed by atoms with Crippen LogP contribution in [0.2, 0.25) is 0 Å². The number of fused-ring (bicyclic) bond motifs is 1. The second-order valence-corrected chi connectivity index (χ2v) is 8.78. The first-order valence-electron chi connectivity index (χ1n) is 11.7. The Kier molecular flexibility index (Phi) is 6.23. The highest BCUT2D eigenvalue weighted by Gasteiger charge is 2.40. The molecule has 3 heterocycles. The van der Waals surface area contributed by atoms with Crippen LogP contribution in [0.25, 0.3) is 0 Å². The molecule has 0 bridgehead atoms. The number of amidine groups is 1. The van der Waals surface area contributed by atoms with Gasteiger partial charge in [-0.05, 0) is 48.7 Å². The lowest BCUT2D eigenvalue weighted by Crippen LogP contribution is -2.55. The molecule has 0 saturated carbocycles. The summed E-state index contributed by atoms with van der Waals surface area (Å²) in [7, 11) is 0. The molecule has 2 atom stereocenters. The summed E-state index contributed by atoms with van der Waals surface area (Å²) in [5.41, 5.74) is 9.18. The molecule has 35 heavy (non-hydrogen) atoms. The van der Waals surface area contributed by atoms with Crippen molar-refractivity contribution in [3.05, 3.63) is 53.6 Å². The maximum Gasteiger partial charge on any atom is 0.259 e. The fourth-order valence-electron chi connectivity index (χ4n) is 4.71. The van der Waals surface area contributed by atoms with Crippen molar-refractivity contribution < 1.29 is 24.2 Å². The zero-order chi connectivity index (χ0) is 24.5. The third kappa shape index (κ3) is 4.38. The molecule has 2 fully saturated rings. The second kappa shape index (κ2) is 9.47. The van der Waals surface area contributed by atoms with Crippen LogP contribution in [0.1, 0.15) is 30.4 Å². The fraction of sp³-hybridized carbons (Fsp3) is 0.360. The number of aliphatic imine (C=N–C) groups is 1. The number of hydrogen-bond acceptors (Lipinski definition) is 7. The van der Waals surface area contributed by atoms with Crippen LogP contribution >= 0.6 is 0 Å². The van der Waals surface area contributed by atoms with Gasteiger partial charge in [0.25, 0.3) is 11.8 Å². The molecule has 2 aromatic rings. The van der Waals surface area contributed by atoms with Gasteiger partial charge in [0.2, 0.25) is 5.91 Å². The van der Waals surface area contributed by atoms with Crippen molar-refractivity contribution in [2.75, 3.05) is 34.8 Å². The summed E-state index contributed by atoms with van der Waals surface area (Å²) in [6, 6.07) is 12.3. The van der Waals surface area contributed by atoms with Gasteiger partial charge in [-0.15, -0.1) is 0 Å². The Morgan fingerprint density at radius 1 is 1.11 bits per heavy atom. The van der Waals surface area contributed by atoms with Gasteiger partial charge in [-0.3, -0.25) is 19.4 Å². The van der Waals surface area contributed by atoms with E-state index in [1.165, 1.54) is 4.90 Å². The lowest BCUT2D eigenvalue weighted by Gasteiger charge is -2.37. The van der Waals surface area contributed by atoms with Crippen molar-refractivity contribution in [1.29, 1.82) is 0 Å². The highest BCUT2D eigenvalue weighted by molar-refractivity contribution is 6.07. The minimum atomic E-state index is -1.72. The monoisotopic (exact) mass is 477 g/mol. The van der Waals surface area contributed by atoms with Gasteiger partial charge in [-0.1, -0.05) is 12.1 Å². The Labute approximate surface area is 202 Å². The van der Waals surface area contributed by atoms with E-state index in [9.17, 15) is 19.5 Å². The number of aliphatic hydroxyl groups excluding tert-OH is 1. The zero-order valence-corrected chi connectivity index (χ0v) is 19.1. The third-order valence-electron chi connectivity index (χ3n) is 6.53. The molecule has 3 aliphatic rings. The minimum absolute atomic E-state index is 0.0156. The van der Waals surface area contributed by atoms with Crippen LogP contribution in [0.5, 0.6) is 0 Å². The molecule has 10 heteroatoms. The molecule has 0 aromatic heterocycles. The molecule has 0 spiro atoms. The Balaban J connectivity index is 1.32. The minimum Gasteiger partial charge on any atom is -0.383 e. The number of rotatable bonds is 5. The molecule has 0 aliphatic carbocycles. The number of piperidine rings is 1. The van der Waals surface area contributed by atoms with Crippen LogP contribution in [0, 0.1) is 0 Å². The van der Waals surface area contributed by atoms with Crippen LogP contribution in [0.15, 0.2) is 47.5 Å². The number of nitrogens with two attached hydrogens (primary N) is 1. The number of carbonyl (C=O) groups is 3. The molecule has 2 saturated heterocycles. The van der Waals surface area contributed by atoms with Gasteiger partial charge in [0.05, 0.1) is 24.5 Å². The Morgan fingerprint density at radius 3 is 2.66 bits per heavy atom. The number of nitrogens with one attached hydrogen (secondary N) is 1. The largest absolute Gasteiger partial charge is 0.383 e. The molecule has 0 radical (unpaired) electrons. The van der Waals surface area contributed by atoms with Crippen molar-refractivity contribution in [1.82, 2.24) is 0 Å². The summed E-state index contributed by atoms with van der Waals surface area (Å²) in [6.45, 7) is 1.39. The van der Waals surface area contributed by atoms with Crippen molar-refractivity contribution in [2.24, 2.45) is 10.7 Å². The maximum absolute atomic E-state index is 13.4. The molecule has 10 nitrogen and oxygen atoms in total. The van der Waals surface area contributed by atoms with E-state index in [1.54, 1.807) is 35.2 Å². The van der Waals surface area contributed by atoms with Gasteiger partial charge in [-0.2, -0.15) is 0 Å². The predicted molar refractivity (Wildman–Crippen MR) is 130 cm³/mol. The number of hydrogen-bond donors (Lipinski definition) is 3. The van der Waals surface area contributed by atoms with Crippen LogP contribution < -0.4 is 20.9 Å². The van der Waals surface area contributed by atoms with Crippen molar-refractivity contribution in [3.8, 4) is 0 Å². The number of anilines is 3. The average molecular weight is 478 g/mol. The number of para-hydroxylation sites is 2. The van der Waals surface area contributed by atoms with E-state index in [1.807, 2.05) is 12.1 Å². The molecule has 4 N–H and O–H groups in total. The van der Waals surface area contributed by atoms with E-state index in [4.69, 9.17) is 10.5 Å². The quantitative estimate of drug-likeness (QED) is 0.591. The number of ether oxygens (including phenoxy) is 1. The van der Waals surface area contributed by atoms with Gasteiger partial charge >= 0.3 is 0 Å². The Hall–Kier alpha value is -3.76. The number of amides is 3. The number of nitrogens with zero attached hydrogens (tertiary/aromatic N) is 3. The standard InChI is InChI=1S/C25H27N5O5/c26-23-17-9-8-16(13-15(17)14-27-23)28-24(33)21(32)22-25(34)30(11-12-35-22)19-6-2-1-5-18(19)29-10-4-3-7-20(29)31/h1-2,5-6,8-9,13,21-22,32H,3-4,7,10-12,14H2,(H2,26,27)(H,28,33)/t21?,22-/m1/s1. The molecule has 3 amide bonds. The molecule has 2 aromatic carbocycles. The average Bonchev–Trinajstić information content (AvgIpc) is 3.24. The van der Waals surface area contributed by atoms with E-state index in [2.05, 4.69) is 10.3 Å². The van der Waals surface area contributed by atoms with E-state index < -0.39 is 24.0 Å². The highest BCUT2D eigenvalue weighted by atomic mass is 16.5. The first-order valence-corrected chi connectivity index (χ1v) is 11.7. The van der Waals surface area contributed by atoms with Gasteiger partial charge in [-0.25, -0.2) is 0 Å². The van der Waals surface area contributed by atoms with Crippen LogP contribution in [0.4, 0.5) is 17.1 Å². The molecule has 1 unspecified atom stereocenters. The summed E-state index contributed by atoms with van der Waals surface area (Å²) >= 11 is 0. The fourth-order valence-corrected chi connectivity index (χ4v) is 4.71. The van der Waals surface area contributed by atoms with E-state index in [0.717, 1.165) is 24.0 Å². The lowest BCUT2D eigenvalue weighted by atomic mass is 10.1. The Bertz CT molecular complexity index is 1210. The third-order valence-corrected chi connectivity index (χ3v) is 6.53. The highest BCUT2D eigenvalue weighted by Crippen LogP contribution is 2.33. The summed E-state index contributed by atoms with van der Waals surface area (Å²) in [6.07, 6.45) is -0.887. The smallest absolute Gasteiger partial charge is 0.259 e. The number of morpholine rings is 1. The molecule has 3 aliphatic heterocycles. The summed E-state index contributed by atoms with van der Waals surface area (Å²) in [5.74, 6) is -0.824. The molecular formula is C25H27N5O5. The zero-order valence-electron chi connectivity index (χ0n) is 19.1. The van der Waals surface area contributed by atoms with Crippen LogP contribution in [-0.2, 0) is 25.7 Å². The van der Waals surface area contributed by atoms with Crippen molar-refractivity contribution in [3.63, 3.8) is 0 Å². The van der Waals surface area contributed by atoms with Gasteiger partial charge in [0.1, 0.15) is 5.84 Å². The normalized spacial score (nSPS) is 20.9. The van der Waals surface area contributed by atoms with Crippen molar-refractivity contribution >= 4 is 40.6 Å². The number of carbonyl (C=O) groups excluding carboxylic acids is 3. The first kappa shape index (κ1) is 23.0. The first-order chi connectivity index (χ1) is 16.9. The topological polar surface area (TPSA) is 138 Å². The Morgan fingerprint density at radius 2 is 1.89 bits per heavy atom. The lowest BCUT2D eigenvalue weighted by molar-refractivity contribution is -0.150. The van der Waals surface area contributed by atoms with E-state index >= 15 is 0 Å². The molecule has 5 rings (SSSR count). The van der Waals surface area contributed by atoms with Crippen molar-refractivity contribution in [2.45, 2.75) is 38.0 Å². The number of benzene rings is 2. The van der Waals surface area contributed by atoms with Crippen LogP contribution in [-0.4, -0.2) is 60.6 Å².